The van der Waals surface area contributed by atoms with E-state index >= 15 is 0 Å². The highest BCUT2D eigenvalue weighted by molar-refractivity contribution is 4.96. The molecule has 0 N–H and O–H groups in total. The predicted molar refractivity (Wildman–Crippen MR) is 182 cm³/mol. The molecule has 0 saturated carbocycles. The van der Waals surface area contributed by atoms with E-state index in [4.69, 9.17) is 0 Å². The van der Waals surface area contributed by atoms with Crippen molar-refractivity contribution >= 4 is 0 Å². The lowest BCUT2D eigenvalue weighted by Crippen LogP contribution is -2.39. The number of unbranched alkanes of at least 4 members (excludes halogenated alkanes) is 26. The Hall–Kier alpha value is -0.660. The maximum Gasteiger partial charge on any atom is 0.101 e. The number of hydrogen-bond donors (Lipinski definition) is 0. The number of rotatable bonds is 32. The van der Waals surface area contributed by atoms with Crippen LogP contribution in [0.15, 0.2) is 12.4 Å². The van der Waals surface area contributed by atoms with E-state index in [0.29, 0.717) is 6.17 Å². The fourth-order valence-corrected chi connectivity index (χ4v) is 6.53. The SMILES string of the molecule is CCCCCCCCCCCCCCCCN1C=CN(CCCCCCCCCCCCCCC)C1CCCC. The molecule has 1 rings (SSSR count). The summed E-state index contributed by atoms with van der Waals surface area (Å²) < 4.78 is 0. The molecular formula is C38H76N2. The van der Waals surface area contributed by atoms with Gasteiger partial charge in [0.15, 0.2) is 0 Å². The zero-order valence-corrected chi connectivity index (χ0v) is 28.3. The molecule has 2 nitrogen and oxygen atoms in total. The lowest BCUT2D eigenvalue weighted by atomic mass is 10.0. The summed E-state index contributed by atoms with van der Waals surface area (Å²) in [4.78, 5) is 5.36. The Morgan fingerprint density at radius 3 is 0.850 bits per heavy atom. The average Bonchev–Trinajstić information content (AvgIpc) is 3.35. The van der Waals surface area contributed by atoms with E-state index in [1.165, 1.54) is 206 Å². The first-order chi connectivity index (χ1) is 19.8. The van der Waals surface area contributed by atoms with Gasteiger partial charge in [-0.15, -0.1) is 0 Å². The van der Waals surface area contributed by atoms with Crippen LogP contribution in [0.5, 0.6) is 0 Å². The van der Waals surface area contributed by atoms with Gasteiger partial charge in [0.2, 0.25) is 0 Å². The van der Waals surface area contributed by atoms with Crippen molar-refractivity contribution in [2.45, 2.75) is 220 Å². The molecule has 1 unspecified atom stereocenters. The zero-order valence-electron chi connectivity index (χ0n) is 28.3. The molecule has 0 bridgehead atoms. The molecule has 0 saturated heterocycles. The summed E-state index contributed by atoms with van der Waals surface area (Å²) in [6.45, 7) is 9.49. The Bertz CT molecular complexity index is 516. The highest BCUT2D eigenvalue weighted by Crippen LogP contribution is 2.23. The van der Waals surface area contributed by atoms with Crippen LogP contribution in [0, 0.1) is 0 Å². The zero-order chi connectivity index (χ0) is 28.8. The average molecular weight is 561 g/mol. The maximum absolute atomic E-state index is 2.68. The van der Waals surface area contributed by atoms with Crippen LogP contribution >= 0.6 is 0 Å². The molecule has 0 radical (unpaired) electrons. The van der Waals surface area contributed by atoms with Gasteiger partial charge in [0.1, 0.15) is 6.17 Å². The van der Waals surface area contributed by atoms with Crippen LogP contribution in [0.2, 0.25) is 0 Å². The number of hydrogen-bond acceptors (Lipinski definition) is 2. The Morgan fingerprint density at radius 2 is 0.575 bits per heavy atom. The second-order valence-electron chi connectivity index (χ2n) is 13.2. The van der Waals surface area contributed by atoms with Crippen LogP contribution in [0.4, 0.5) is 0 Å². The smallest absolute Gasteiger partial charge is 0.101 e. The molecule has 0 amide bonds. The Balaban J connectivity index is 2.00. The Kier molecular flexibility index (Phi) is 27.9. The van der Waals surface area contributed by atoms with Gasteiger partial charge in [-0.3, -0.25) is 0 Å². The number of nitrogens with zero attached hydrogens (tertiary/aromatic N) is 2. The van der Waals surface area contributed by atoms with E-state index in [-0.39, 0.29) is 0 Å². The molecule has 2 heteroatoms. The largest absolute Gasteiger partial charge is 0.356 e. The van der Waals surface area contributed by atoms with Crippen molar-refractivity contribution < 1.29 is 0 Å². The molecule has 1 atom stereocenters. The van der Waals surface area contributed by atoms with Gasteiger partial charge in [-0.1, -0.05) is 188 Å². The highest BCUT2D eigenvalue weighted by atomic mass is 15.4. The van der Waals surface area contributed by atoms with Crippen LogP contribution in [0.25, 0.3) is 0 Å². The van der Waals surface area contributed by atoms with Crippen LogP contribution < -0.4 is 0 Å². The van der Waals surface area contributed by atoms with E-state index < -0.39 is 0 Å². The summed E-state index contributed by atoms with van der Waals surface area (Å²) in [7, 11) is 0. The molecule has 1 aliphatic rings. The third-order valence-electron chi connectivity index (χ3n) is 9.32. The molecule has 0 spiro atoms. The second-order valence-corrected chi connectivity index (χ2v) is 13.2. The van der Waals surface area contributed by atoms with E-state index in [0.717, 1.165) is 0 Å². The van der Waals surface area contributed by atoms with Crippen molar-refractivity contribution in [3.8, 4) is 0 Å². The monoisotopic (exact) mass is 561 g/mol. The first kappa shape index (κ1) is 37.4. The molecule has 0 aromatic heterocycles. The second kappa shape index (κ2) is 29.8. The summed E-state index contributed by atoms with van der Waals surface area (Å²) in [5.74, 6) is 0. The molecule has 0 aliphatic carbocycles. The van der Waals surface area contributed by atoms with Gasteiger partial charge in [-0.25, -0.2) is 0 Å². The molecule has 40 heavy (non-hydrogen) atoms. The Morgan fingerprint density at radius 1 is 0.325 bits per heavy atom. The standard InChI is InChI=1S/C38H76N2/c1-4-7-10-12-14-16-18-20-22-24-26-28-30-32-35-40-37-36-39(38(40)33-9-6-3)34-31-29-27-25-23-21-19-17-15-13-11-8-5-2/h36-38H,4-35H2,1-3H3. The van der Waals surface area contributed by atoms with Crippen LogP contribution in [-0.2, 0) is 0 Å². The van der Waals surface area contributed by atoms with Gasteiger partial charge in [-0.05, 0) is 25.7 Å². The van der Waals surface area contributed by atoms with Crippen molar-refractivity contribution in [2.75, 3.05) is 13.1 Å². The minimum absolute atomic E-state index is 0.638. The first-order valence-corrected chi connectivity index (χ1v) is 19.0. The van der Waals surface area contributed by atoms with Gasteiger partial charge >= 0.3 is 0 Å². The Labute approximate surface area is 254 Å². The molecule has 1 heterocycles. The van der Waals surface area contributed by atoms with Gasteiger partial charge in [0, 0.05) is 25.5 Å². The van der Waals surface area contributed by atoms with Crippen molar-refractivity contribution in [1.82, 2.24) is 9.80 Å². The summed E-state index contributed by atoms with van der Waals surface area (Å²) in [5, 5.41) is 0. The quantitative estimate of drug-likeness (QED) is 0.0755. The van der Waals surface area contributed by atoms with Crippen molar-refractivity contribution in [3.63, 3.8) is 0 Å². The molecule has 0 aromatic carbocycles. The third-order valence-corrected chi connectivity index (χ3v) is 9.32. The van der Waals surface area contributed by atoms with Gasteiger partial charge < -0.3 is 9.80 Å². The normalized spacial score (nSPS) is 15.1. The topological polar surface area (TPSA) is 6.48 Å². The molecule has 0 aromatic rings. The fraction of sp³-hybridized carbons (Fsp3) is 0.947. The first-order valence-electron chi connectivity index (χ1n) is 19.0. The van der Waals surface area contributed by atoms with Gasteiger partial charge in [0.25, 0.3) is 0 Å². The third kappa shape index (κ3) is 22.0. The molecule has 1 aliphatic heterocycles. The fourth-order valence-electron chi connectivity index (χ4n) is 6.53. The summed E-state index contributed by atoms with van der Waals surface area (Å²) in [6, 6.07) is 0. The van der Waals surface area contributed by atoms with Crippen molar-refractivity contribution in [2.24, 2.45) is 0 Å². The van der Waals surface area contributed by atoms with Crippen LogP contribution in [0.3, 0.4) is 0 Å². The predicted octanol–water partition coefficient (Wildman–Crippen LogP) is 13.2. The maximum atomic E-state index is 2.68. The lowest BCUT2D eigenvalue weighted by Gasteiger charge is -2.33. The van der Waals surface area contributed by atoms with Crippen molar-refractivity contribution in [3.05, 3.63) is 12.4 Å². The summed E-state index contributed by atoms with van der Waals surface area (Å²) >= 11 is 0. The van der Waals surface area contributed by atoms with Crippen molar-refractivity contribution in [1.29, 1.82) is 0 Å². The molecule has 0 fully saturated rings. The highest BCUT2D eigenvalue weighted by Gasteiger charge is 2.24. The van der Waals surface area contributed by atoms with E-state index in [1.54, 1.807) is 0 Å². The minimum atomic E-state index is 0.638. The van der Waals surface area contributed by atoms with Gasteiger partial charge in [-0.2, -0.15) is 0 Å². The van der Waals surface area contributed by atoms with Crippen LogP contribution in [-0.4, -0.2) is 29.1 Å². The van der Waals surface area contributed by atoms with Crippen LogP contribution in [0.1, 0.15) is 213 Å². The summed E-state index contributed by atoms with van der Waals surface area (Å²) in [6.07, 6.45) is 48.5. The van der Waals surface area contributed by atoms with E-state index in [2.05, 4.69) is 43.0 Å². The summed E-state index contributed by atoms with van der Waals surface area (Å²) in [5.41, 5.74) is 0. The minimum Gasteiger partial charge on any atom is -0.356 e. The lowest BCUT2D eigenvalue weighted by molar-refractivity contribution is 0.136. The van der Waals surface area contributed by atoms with Gasteiger partial charge in [0.05, 0.1) is 0 Å². The van der Waals surface area contributed by atoms with E-state index in [1.807, 2.05) is 0 Å². The molecular weight excluding hydrogens is 484 g/mol. The van der Waals surface area contributed by atoms with E-state index in [9.17, 15) is 0 Å². The molecule has 238 valence electrons.